The van der Waals surface area contributed by atoms with Crippen molar-refractivity contribution in [2.45, 2.75) is 6.92 Å². The number of carboxylic acids is 1. The van der Waals surface area contributed by atoms with Crippen LogP contribution in [0.1, 0.15) is 6.92 Å². The van der Waals surface area contributed by atoms with Gasteiger partial charge in [-0.05, 0) is 13.0 Å². The van der Waals surface area contributed by atoms with E-state index in [0.29, 0.717) is 0 Å². The number of nitrogens with one attached hydrogen (secondary N) is 1. The smallest absolute Gasteiger partial charge is 0.335 e. The summed E-state index contributed by atoms with van der Waals surface area (Å²) in [7, 11) is 0. The summed E-state index contributed by atoms with van der Waals surface area (Å²) in [5.41, 5.74) is 0.254. The number of aliphatic carboxylic acids is 1. The third kappa shape index (κ3) is 2.81. The van der Waals surface area contributed by atoms with Crippen LogP contribution in [0, 0.1) is 5.41 Å². The summed E-state index contributed by atoms with van der Waals surface area (Å²) in [6.45, 7) is 4.80. The van der Waals surface area contributed by atoms with Gasteiger partial charge in [-0.3, -0.25) is 0 Å². The number of hydrogen-bond acceptors (Lipinski definition) is 2. The Morgan fingerprint density at radius 2 is 2.20 bits per heavy atom. The van der Waals surface area contributed by atoms with Crippen LogP contribution >= 0.6 is 0 Å². The van der Waals surface area contributed by atoms with Gasteiger partial charge in [0.2, 0.25) is 0 Å². The normalized spacial score (nSPS) is 10.7. The second-order valence-corrected chi connectivity index (χ2v) is 1.79. The maximum Gasteiger partial charge on any atom is 0.335 e. The first kappa shape index (κ1) is 8.62. The number of carbonyl (C=O) groups is 1. The standard InChI is InChI=1S/C7H9NO2/c1-3-6(7(9)10)4-5(2)8/h3-4,8H,1H2,2H3,(H,9,10)/b6-4+,8-5?. The lowest BCUT2D eigenvalue weighted by molar-refractivity contribution is -0.132. The van der Waals surface area contributed by atoms with Crippen LogP contribution in [0.25, 0.3) is 0 Å². The molecule has 0 saturated carbocycles. The van der Waals surface area contributed by atoms with Gasteiger partial charge >= 0.3 is 5.97 Å². The lowest BCUT2D eigenvalue weighted by Crippen LogP contribution is -1.99. The second kappa shape index (κ2) is 3.61. The molecule has 0 fully saturated rings. The average Bonchev–Trinajstić information content (AvgIpc) is 1.81. The Kier molecular flexibility index (Phi) is 3.11. The molecule has 0 spiro atoms. The van der Waals surface area contributed by atoms with Gasteiger partial charge < -0.3 is 10.5 Å². The van der Waals surface area contributed by atoms with E-state index in [1.165, 1.54) is 19.1 Å². The first-order valence-corrected chi connectivity index (χ1v) is 2.70. The molecule has 0 aromatic heterocycles. The van der Waals surface area contributed by atoms with Crippen molar-refractivity contribution in [1.82, 2.24) is 0 Å². The summed E-state index contributed by atoms with van der Waals surface area (Å²) >= 11 is 0. The van der Waals surface area contributed by atoms with Crippen LogP contribution in [-0.2, 0) is 4.79 Å². The fraction of sp³-hybridized carbons (Fsp3) is 0.143. The van der Waals surface area contributed by atoms with Crippen molar-refractivity contribution in [2.24, 2.45) is 0 Å². The second-order valence-electron chi connectivity index (χ2n) is 1.79. The van der Waals surface area contributed by atoms with Crippen LogP contribution in [0.2, 0.25) is 0 Å². The number of carboxylic acid groups (broad SMARTS) is 1. The largest absolute Gasteiger partial charge is 0.478 e. The van der Waals surface area contributed by atoms with E-state index in [1.54, 1.807) is 0 Å². The third-order valence-corrected chi connectivity index (χ3v) is 0.839. The average molecular weight is 139 g/mol. The molecule has 0 amide bonds. The van der Waals surface area contributed by atoms with Crippen LogP contribution in [0.5, 0.6) is 0 Å². The zero-order valence-electron chi connectivity index (χ0n) is 5.72. The van der Waals surface area contributed by atoms with Crippen LogP contribution in [0.15, 0.2) is 24.3 Å². The third-order valence-electron chi connectivity index (χ3n) is 0.839. The molecule has 0 heterocycles. The highest BCUT2D eigenvalue weighted by molar-refractivity contribution is 6.00. The molecule has 0 aliphatic rings. The van der Waals surface area contributed by atoms with Crippen LogP contribution in [-0.4, -0.2) is 16.8 Å². The zero-order valence-corrected chi connectivity index (χ0v) is 5.72. The predicted octanol–water partition coefficient (Wildman–Crippen LogP) is 1.22. The summed E-state index contributed by atoms with van der Waals surface area (Å²) < 4.78 is 0. The van der Waals surface area contributed by atoms with Crippen LogP contribution < -0.4 is 0 Å². The predicted molar refractivity (Wildman–Crippen MR) is 39.3 cm³/mol. The zero-order chi connectivity index (χ0) is 8.15. The van der Waals surface area contributed by atoms with Crippen LogP contribution in [0.3, 0.4) is 0 Å². The lowest BCUT2D eigenvalue weighted by Gasteiger charge is -1.90. The van der Waals surface area contributed by atoms with Gasteiger partial charge in [0.05, 0.1) is 5.57 Å². The topological polar surface area (TPSA) is 61.2 Å². The first-order chi connectivity index (χ1) is 4.57. The van der Waals surface area contributed by atoms with Crippen molar-refractivity contribution in [3.8, 4) is 0 Å². The fourth-order valence-electron chi connectivity index (χ4n) is 0.441. The minimum atomic E-state index is -1.05. The summed E-state index contributed by atoms with van der Waals surface area (Å²) in [5.74, 6) is -1.05. The molecule has 0 aliphatic carbocycles. The fourth-order valence-corrected chi connectivity index (χ4v) is 0.441. The number of allylic oxidation sites excluding steroid dienone is 1. The van der Waals surface area contributed by atoms with E-state index < -0.39 is 5.97 Å². The maximum atomic E-state index is 10.2. The Hall–Kier alpha value is -1.38. The highest BCUT2D eigenvalue weighted by Gasteiger charge is 2.00. The Bertz CT molecular complexity index is 204. The van der Waals surface area contributed by atoms with E-state index in [-0.39, 0.29) is 11.3 Å². The first-order valence-electron chi connectivity index (χ1n) is 2.70. The van der Waals surface area contributed by atoms with Crippen molar-refractivity contribution < 1.29 is 9.90 Å². The molecule has 10 heavy (non-hydrogen) atoms. The van der Waals surface area contributed by atoms with E-state index in [0.717, 1.165) is 0 Å². The van der Waals surface area contributed by atoms with Crippen LogP contribution in [0.4, 0.5) is 0 Å². The molecule has 3 heteroatoms. The Labute approximate surface area is 59.2 Å². The summed E-state index contributed by atoms with van der Waals surface area (Å²) in [4.78, 5) is 10.2. The molecule has 0 radical (unpaired) electrons. The van der Waals surface area contributed by atoms with Gasteiger partial charge in [0.15, 0.2) is 0 Å². The van der Waals surface area contributed by atoms with Crippen molar-refractivity contribution >= 4 is 11.7 Å². The van der Waals surface area contributed by atoms with Crippen molar-refractivity contribution in [2.75, 3.05) is 0 Å². The molecule has 2 N–H and O–H groups in total. The van der Waals surface area contributed by atoms with E-state index >= 15 is 0 Å². The minimum Gasteiger partial charge on any atom is -0.478 e. The molecule has 0 rings (SSSR count). The molecule has 0 saturated heterocycles. The Morgan fingerprint density at radius 3 is 2.30 bits per heavy atom. The highest BCUT2D eigenvalue weighted by Crippen LogP contribution is 1.95. The van der Waals surface area contributed by atoms with Crippen molar-refractivity contribution in [3.05, 3.63) is 24.3 Å². The SMILES string of the molecule is C=C/C(=C\C(C)=N)C(=O)O. The monoisotopic (exact) mass is 139 g/mol. The van der Waals surface area contributed by atoms with E-state index in [4.69, 9.17) is 10.5 Å². The molecule has 0 unspecified atom stereocenters. The van der Waals surface area contributed by atoms with Gasteiger partial charge in [-0.15, -0.1) is 0 Å². The Balaban J connectivity index is 4.49. The molecule has 0 bridgehead atoms. The molecule has 0 aromatic rings. The van der Waals surface area contributed by atoms with E-state index in [2.05, 4.69) is 6.58 Å². The maximum absolute atomic E-state index is 10.2. The summed E-state index contributed by atoms with van der Waals surface area (Å²) in [5, 5.41) is 15.3. The lowest BCUT2D eigenvalue weighted by atomic mass is 10.2. The van der Waals surface area contributed by atoms with Crippen molar-refractivity contribution in [1.29, 1.82) is 5.41 Å². The molecule has 3 nitrogen and oxygen atoms in total. The van der Waals surface area contributed by atoms with Gasteiger partial charge in [-0.25, -0.2) is 4.79 Å². The Morgan fingerprint density at radius 1 is 1.70 bits per heavy atom. The molecule has 0 aromatic carbocycles. The molecular formula is C7H9NO2. The van der Waals surface area contributed by atoms with E-state index in [9.17, 15) is 4.79 Å². The minimum absolute atomic E-state index is 0.0486. The van der Waals surface area contributed by atoms with Gasteiger partial charge in [-0.2, -0.15) is 0 Å². The molecule has 0 atom stereocenters. The molecule has 0 aliphatic heterocycles. The molecular weight excluding hydrogens is 130 g/mol. The summed E-state index contributed by atoms with van der Waals surface area (Å²) in [6.07, 6.45) is 2.45. The number of rotatable bonds is 3. The quantitative estimate of drug-likeness (QED) is 0.351. The van der Waals surface area contributed by atoms with Crippen molar-refractivity contribution in [3.63, 3.8) is 0 Å². The van der Waals surface area contributed by atoms with Gasteiger partial charge in [0.25, 0.3) is 0 Å². The number of hydrogen-bond donors (Lipinski definition) is 2. The van der Waals surface area contributed by atoms with Gasteiger partial charge in [-0.1, -0.05) is 12.7 Å². The van der Waals surface area contributed by atoms with Gasteiger partial charge in [0.1, 0.15) is 0 Å². The summed E-state index contributed by atoms with van der Waals surface area (Å²) in [6, 6.07) is 0. The molecule has 54 valence electrons. The highest BCUT2D eigenvalue weighted by atomic mass is 16.4. The van der Waals surface area contributed by atoms with E-state index in [1.807, 2.05) is 0 Å². The van der Waals surface area contributed by atoms with Gasteiger partial charge in [0, 0.05) is 5.71 Å².